The fourth-order valence-corrected chi connectivity index (χ4v) is 4.59. The van der Waals surface area contributed by atoms with E-state index in [0.29, 0.717) is 28.9 Å². The van der Waals surface area contributed by atoms with Gasteiger partial charge in [0.1, 0.15) is 11.3 Å². The molecule has 0 saturated heterocycles. The van der Waals surface area contributed by atoms with E-state index in [2.05, 4.69) is 5.10 Å². The van der Waals surface area contributed by atoms with Gasteiger partial charge in [0.2, 0.25) is 0 Å². The molecule has 3 aromatic carbocycles. The van der Waals surface area contributed by atoms with E-state index < -0.39 is 0 Å². The molecule has 0 radical (unpaired) electrons. The topological polar surface area (TPSA) is 69.4 Å². The van der Waals surface area contributed by atoms with Crippen LogP contribution < -0.4 is 15.2 Å². The van der Waals surface area contributed by atoms with Gasteiger partial charge in [-0.25, -0.2) is 0 Å². The molecule has 0 spiro atoms. The Morgan fingerprint density at radius 1 is 1.03 bits per heavy atom. The van der Waals surface area contributed by atoms with Crippen LogP contribution in [0.25, 0.3) is 27.5 Å². The number of methoxy groups -OCH3 is 1. The quantitative estimate of drug-likeness (QED) is 0.371. The van der Waals surface area contributed by atoms with Gasteiger partial charge in [0.15, 0.2) is 5.69 Å². The lowest BCUT2D eigenvalue weighted by Crippen LogP contribution is -2.34. The largest absolute Gasteiger partial charge is 0.497 e. The number of nitrogens with zero attached hydrogens (tertiary/aromatic N) is 4. The molecule has 0 N–H and O–H groups in total. The standard InChI is InChI=1S/C28H26N4O3/c1-5-31(20-10-8-9-18(2)17-20)27(33)25-24-22-11-6-7-12-23(22)30(3)26(24)28(34)32(29-25)19-13-15-21(35-4)16-14-19/h6-17H,5H2,1-4H3. The maximum atomic E-state index is 14.1. The number of benzene rings is 3. The Labute approximate surface area is 202 Å². The number of amides is 1. The SMILES string of the molecule is CCN(C(=O)c1nn(-c2ccc(OC)cc2)c(=O)c2c1c1ccccc1n2C)c1cccc(C)c1. The van der Waals surface area contributed by atoms with E-state index in [1.165, 1.54) is 4.68 Å². The summed E-state index contributed by atoms with van der Waals surface area (Å²) in [6.45, 7) is 4.38. The van der Waals surface area contributed by atoms with Gasteiger partial charge in [-0.2, -0.15) is 9.78 Å². The van der Waals surface area contributed by atoms with E-state index in [1.54, 1.807) is 36.3 Å². The number of aromatic nitrogens is 3. The van der Waals surface area contributed by atoms with Crippen molar-refractivity contribution in [3.05, 3.63) is 94.4 Å². The van der Waals surface area contributed by atoms with Crippen molar-refractivity contribution in [3.8, 4) is 11.4 Å². The molecule has 0 aliphatic carbocycles. The minimum absolute atomic E-state index is 0.232. The lowest BCUT2D eigenvalue weighted by atomic mass is 10.1. The fraction of sp³-hybridized carbons (Fsp3) is 0.179. The van der Waals surface area contributed by atoms with E-state index in [1.807, 2.05) is 74.0 Å². The van der Waals surface area contributed by atoms with Gasteiger partial charge in [-0.1, -0.05) is 30.3 Å². The van der Waals surface area contributed by atoms with Gasteiger partial charge in [-0.3, -0.25) is 9.59 Å². The zero-order chi connectivity index (χ0) is 24.7. The zero-order valence-electron chi connectivity index (χ0n) is 20.1. The molecule has 0 fully saturated rings. The van der Waals surface area contributed by atoms with Crippen LogP contribution in [0.5, 0.6) is 5.75 Å². The molecule has 0 unspecified atom stereocenters. The Balaban J connectivity index is 1.83. The first kappa shape index (κ1) is 22.4. The van der Waals surface area contributed by atoms with Crippen LogP contribution in [0.3, 0.4) is 0 Å². The van der Waals surface area contributed by atoms with E-state index in [0.717, 1.165) is 22.2 Å². The van der Waals surface area contributed by atoms with Crippen LogP contribution in [-0.4, -0.2) is 33.9 Å². The highest BCUT2D eigenvalue weighted by Crippen LogP contribution is 2.30. The van der Waals surface area contributed by atoms with Gasteiger partial charge in [0.05, 0.1) is 12.8 Å². The fourth-order valence-electron chi connectivity index (χ4n) is 4.59. The second kappa shape index (κ2) is 8.76. The summed E-state index contributed by atoms with van der Waals surface area (Å²) in [6, 6.07) is 22.6. The Morgan fingerprint density at radius 3 is 2.46 bits per heavy atom. The predicted octanol–water partition coefficient (Wildman–Crippen LogP) is 4.86. The molecular weight excluding hydrogens is 440 g/mol. The lowest BCUT2D eigenvalue weighted by molar-refractivity contribution is 0.0983. The average Bonchev–Trinajstić information content (AvgIpc) is 3.18. The van der Waals surface area contributed by atoms with Crippen LogP contribution in [0, 0.1) is 6.92 Å². The third kappa shape index (κ3) is 3.65. The summed E-state index contributed by atoms with van der Waals surface area (Å²) in [4.78, 5) is 29.5. The summed E-state index contributed by atoms with van der Waals surface area (Å²) < 4.78 is 8.40. The van der Waals surface area contributed by atoms with Crippen molar-refractivity contribution in [1.29, 1.82) is 0 Å². The summed E-state index contributed by atoms with van der Waals surface area (Å²) in [5, 5.41) is 6.05. The molecule has 0 saturated carbocycles. The van der Waals surface area contributed by atoms with Gasteiger partial charge in [-0.15, -0.1) is 0 Å². The zero-order valence-corrected chi connectivity index (χ0v) is 20.1. The minimum Gasteiger partial charge on any atom is -0.497 e. The van der Waals surface area contributed by atoms with Crippen LogP contribution in [0.15, 0.2) is 77.6 Å². The first-order chi connectivity index (χ1) is 16.9. The van der Waals surface area contributed by atoms with E-state index in [4.69, 9.17) is 4.74 Å². The molecule has 7 nitrogen and oxygen atoms in total. The third-order valence-electron chi connectivity index (χ3n) is 6.33. The third-order valence-corrected chi connectivity index (χ3v) is 6.33. The van der Waals surface area contributed by atoms with Gasteiger partial charge in [-0.05, 0) is 61.9 Å². The first-order valence-corrected chi connectivity index (χ1v) is 11.5. The van der Waals surface area contributed by atoms with Gasteiger partial charge in [0, 0.05) is 35.6 Å². The molecule has 35 heavy (non-hydrogen) atoms. The molecule has 5 aromatic rings. The summed E-state index contributed by atoms with van der Waals surface area (Å²) in [6.07, 6.45) is 0. The molecule has 2 aromatic heterocycles. The second-order valence-corrected chi connectivity index (χ2v) is 8.45. The molecule has 0 aliphatic rings. The average molecular weight is 467 g/mol. The summed E-state index contributed by atoms with van der Waals surface area (Å²) in [5.41, 5.74) is 3.63. The normalized spacial score (nSPS) is 11.2. The monoisotopic (exact) mass is 466 g/mol. The highest BCUT2D eigenvalue weighted by Gasteiger charge is 2.27. The highest BCUT2D eigenvalue weighted by molar-refractivity contribution is 6.20. The number of hydrogen-bond acceptors (Lipinski definition) is 4. The van der Waals surface area contributed by atoms with Crippen LogP contribution in [0.4, 0.5) is 5.69 Å². The predicted molar refractivity (Wildman–Crippen MR) is 139 cm³/mol. The number of carbonyl (C=O) groups excluding carboxylic acids is 1. The Morgan fingerprint density at radius 2 is 1.77 bits per heavy atom. The molecule has 0 aliphatic heterocycles. The van der Waals surface area contributed by atoms with Crippen LogP contribution in [-0.2, 0) is 7.05 Å². The highest BCUT2D eigenvalue weighted by atomic mass is 16.5. The summed E-state index contributed by atoms with van der Waals surface area (Å²) in [7, 11) is 3.43. The maximum absolute atomic E-state index is 14.1. The molecule has 2 heterocycles. The van der Waals surface area contributed by atoms with Crippen LogP contribution in [0.1, 0.15) is 23.0 Å². The Hall–Kier alpha value is -4.39. The van der Waals surface area contributed by atoms with E-state index in [9.17, 15) is 9.59 Å². The van der Waals surface area contributed by atoms with Crippen LogP contribution in [0.2, 0.25) is 0 Å². The molecule has 0 bridgehead atoms. The molecule has 1 amide bonds. The summed E-state index contributed by atoms with van der Waals surface area (Å²) >= 11 is 0. The van der Waals surface area contributed by atoms with Crippen molar-refractivity contribution >= 4 is 33.4 Å². The van der Waals surface area contributed by atoms with Crippen LogP contribution >= 0.6 is 0 Å². The van der Waals surface area contributed by atoms with Crippen molar-refractivity contribution in [1.82, 2.24) is 14.3 Å². The van der Waals surface area contributed by atoms with Gasteiger partial charge < -0.3 is 14.2 Å². The molecular formula is C28H26N4O3. The maximum Gasteiger partial charge on any atom is 0.296 e. The number of hydrogen-bond donors (Lipinski definition) is 0. The number of anilines is 1. The smallest absolute Gasteiger partial charge is 0.296 e. The number of rotatable bonds is 5. The van der Waals surface area contributed by atoms with Crippen molar-refractivity contribution in [2.45, 2.75) is 13.8 Å². The lowest BCUT2D eigenvalue weighted by Gasteiger charge is -2.22. The van der Waals surface area contributed by atoms with E-state index in [-0.39, 0.29) is 17.2 Å². The first-order valence-electron chi connectivity index (χ1n) is 11.5. The van der Waals surface area contributed by atoms with Crippen molar-refractivity contribution in [2.24, 2.45) is 7.05 Å². The molecule has 7 heteroatoms. The van der Waals surface area contributed by atoms with Gasteiger partial charge >= 0.3 is 0 Å². The van der Waals surface area contributed by atoms with Crippen molar-refractivity contribution in [3.63, 3.8) is 0 Å². The molecule has 176 valence electrons. The molecule has 5 rings (SSSR count). The number of ether oxygens (including phenoxy) is 1. The number of para-hydroxylation sites is 1. The second-order valence-electron chi connectivity index (χ2n) is 8.45. The van der Waals surface area contributed by atoms with E-state index >= 15 is 0 Å². The number of carbonyl (C=O) groups is 1. The van der Waals surface area contributed by atoms with Crippen molar-refractivity contribution < 1.29 is 9.53 Å². The Bertz CT molecular complexity index is 1630. The molecule has 0 atom stereocenters. The van der Waals surface area contributed by atoms with Crippen molar-refractivity contribution in [2.75, 3.05) is 18.6 Å². The van der Waals surface area contributed by atoms with Gasteiger partial charge in [0.25, 0.3) is 11.5 Å². The number of fused-ring (bicyclic) bond motifs is 3. The minimum atomic E-state index is -0.293. The summed E-state index contributed by atoms with van der Waals surface area (Å²) in [5.74, 6) is 0.405. The Kier molecular flexibility index (Phi) is 5.61. The number of aryl methyl sites for hydroxylation is 2.